The van der Waals surface area contributed by atoms with Crippen molar-refractivity contribution < 1.29 is 0 Å². The largest absolute Gasteiger partial charge is 0.295 e. The van der Waals surface area contributed by atoms with E-state index in [1.54, 1.807) is 0 Å². The number of aryl methyl sites for hydroxylation is 1. The molecule has 15 heavy (non-hydrogen) atoms. The van der Waals surface area contributed by atoms with Gasteiger partial charge in [0.2, 0.25) is 0 Å². The van der Waals surface area contributed by atoms with Crippen molar-refractivity contribution in [3.63, 3.8) is 0 Å². The second-order valence-electron chi connectivity index (χ2n) is 3.96. The molecule has 0 aromatic carbocycles. The van der Waals surface area contributed by atoms with E-state index in [1.165, 1.54) is 5.56 Å². The van der Waals surface area contributed by atoms with Gasteiger partial charge in [0.15, 0.2) is 0 Å². The maximum Gasteiger partial charge on any atom is 0.0534 e. The SMILES string of the molecule is CCn1cc(CN(CCCl)C(C)C)cn1. The molecule has 1 aromatic rings. The van der Waals surface area contributed by atoms with Crippen molar-refractivity contribution in [3.8, 4) is 0 Å². The van der Waals surface area contributed by atoms with E-state index in [0.717, 1.165) is 19.6 Å². The molecule has 0 aliphatic carbocycles. The normalized spacial score (nSPS) is 11.6. The minimum Gasteiger partial charge on any atom is -0.295 e. The van der Waals surface area contributed by atoms with Crippen molar-refractivity contribution in [3.05, 3.63) is 18.0 Å². The molecule has 0 radical (unpaired) electrons. The van der Waals surface area contributed by atoms with Crippen molar-refractivity contribution in [2.45, 2.75) is 39.9 Å². The third kappa shape index (κ3) is 3.84. The molecule has 1 rings (SSSR count). The highest BCUT2D eigenvalue weighted by Gasteiger charge is 2.10. The van der Waals surface area contributed by atoms with E-state index in [4.69, 9.17) is 11.6 Å². The van der Waals surface area contributed by atoms with Crippen LogP contribution >= 0.6 is 11.6 Å². The molecule has 0 aliphatic rings. The van der Waals surface area contributed by atoms with Gasteiger partial charge < -0.3 is 0 Å². The zero-order valence-corrected chi connectivity index (χ0v) is 10.5. The zero-order chi connectivity index (χ0) is 11.3. The molecule has 0 fully saturated rings. The van der Waals surface area contributed by atoms with E-state index < -0.39 is 0 Å². The molecule has 3 nitrogen and oxygen atoms in total. The zero-order valence-electron chi connectivity index (χ0n) is 9.78. The number of hydrogen-bond donors (Lipinski definition) is 0. The van der Waals surface area contributed by atoms with Gasteiger partial charge in [0, 0.05) is 43.3 Å². The predicted octanol–water partition coefficient (Wildman–Crippen LogP) is 2.35. The Kier molecular flexibility index (Phi) is 5.12. The number of halogens is 1. The Morgan fingerprint density at radius 2 is 2.27 bits per heavy atom. The minimum absolute atomic E-state index is 0.522. The van der Waals surface area contributed by atoms with Crippen molar-refractivity contribution >= 4 is 11.6 Å². The monoisotopic (exact) mass is 229 g/mol. The lowest BCUT2D eigenvalue weighted by Crippen LogP contribution is -2.31. The van der Waals surface area contributed by atoms with E-state index in [2.05, 4.69) is 37.0 Å². The van der Waals surface area contributed by atoms with Crippen LogP contribution in [0.5, 0.6) is 0 Å². The molecule has 0 saturated heterocycles. The molecular formula is C11H20ClN3. The quantitative estimate of drug-likeness (QED) is 0.699. The minimum atomic E-state index is 0.522. The van der Waals surface area contributed by atoms with Crippen LogP contribution in [-0.2, 0) is 13.1 Å². The number of hydrogen-bond acceptors (Lipinski definition) is 2. The van der Waals surface area contributed by atoms with Crippen LogP contribution in [0.25, 0.3) is 0 Å². The Hall–Kier alpha value is -0.540. The maximum atomic E-state index is 5.78. The molecule has 0 amide bonds. The molecule has 0 bridgehead atoms. The lowest BCUT2D eigenvalue weighted by molar-refractivity contribution is 0.226. The highest BCUT2D eigenvalue weighted by Crippen LogP contribution is 2.07. The van der Waals surface area contributed by atoms with E-state index in [1.807, 2.05) is 10.9 Å². The molecular weight excluding hydrogens is 210 g/mol. The third-order valence-electron chi connectivity index (χ3n) is 2.50. The fourth-order valence-electron chi connectivity index (χ4n) is 1.52. The van der Waals surface area contributed by atoms with Crippen LogP contribution < -0.4 is 0 Å². The third-order valence-corrected chi connectivity index (χ3v) is 2.67. The first-order valence-electron chi connectivity index (χ1n) is 5.48. The van der Waals surface area contributed by atoms with Crippen molar-refractivity contribution in [2.75, 3.05) is 12.4 Å². The summed E-state index contributed by atoms with van der Waals surface area (Å²) in [7, 11) is 0. The van der Waals surface area contributed by atoms with Crippen LogP contribution in [-0.4, -0.2) is 33.1 Å². The second kappa shape index (κ2) is 6.13. The van der Waals surface area contributed by atoms with Crippen molar-refractivity contribution in [1.82, 2.24) is 14.7 Å². The lowest BCUT2D eigenvalue weighted by Gasteiger charge is -2.24. The van der Waals surface area contributed by atoms with Gasteiger partial charge in [0.1, 0.15) is 0 Å². The smallest absolute Gasteiger partial charge is 0.0534 e. The summed E-state index contributed by atoms with van der Waals surface area (Å²) in [6, 6.07) is 0.522. The molecule has 0 saturated carbocycles. The van der Waals surface area contributed by atoms with Gasteiger partial charge in [0.05, 0.1) is 6.20 Å². The van der Waals surface area contributed by atoms with Gasteiger partial charge in [-0.2, -0.15) is 5.10 Å². The summed E-state index contributed by atoms with van der Waals surface area (Å²) in [4.78, 5) is 2.35. The summed E-state index contributed by atoms with van der Waals surface area (Å²) in [6.07, 6.45) is 4.04. The summed E-state index contributed by atoms with van der Waals surface area (Å²) in [5.41, 5.74) is 1.26. The Labute approximate surface area is 97.0 Å². The van der Waals surface area contributed by atoms with Gasteiger partial charge in [-0.1, -0.05) is 0 Å². The van der Waals surface area contributed by atoms with Crippen LogP contribution in [0.15, 0.2) is 12.4 Å². The first-order valence-corrected chi connectivity index (χ1v) is 6.02. The van der Waals surface area contributed by atoms with E-state index >= 15 is 0 Å². The molecule has 0 atom stereocenters. The average Bonchev–Trinajstić information content (AvgIpc) is 2.65. The van der Waals surface area contributed by atoms with Crippen LogP contribution in [0.1, 0.15) is 26.3 Å². The van der Waals surface area contributed by atoms with Crippen molar-refractivity contribution in [1.29, 1.82) is 0 Å². The summed E-state index contributed by atoms with van der Waals surface area (Å²) >= 11 is 5.78. The summed E-state index contributed by atoms with van der Waals surface area (Å²) in [6.45, 7) is 9.27. The van der Waals surface area contributed by atoms with Gasteiger partial charge in [-0.25, -0.2) is 0 Å². The Bertz CT molecular complexity index is 283. The van der Waals surface area contributed by atoms with E-state index in [-0.39, 0.29) is 0 Å². The van der Waals surface area contributed by atoms with Crippen LogP contribution in [0.4, 0.5) is 0 Å². The van der Waals surface area contributed by atoms with E-state index in [0.29, 0.717) is 11.9 Å². The van der Waals surface area contributed by atoms with Crippen LogP contribution in [0.3, 0.4) is 0 Å². The number of nitrogens with zero attached hydrogens (tertiary/aromatic N) is 3. The molecule has 0 aliphatic heterocycles. The Morgan fingerprint density at radius 3 is 2.73 bits per heavy atom. The first kappa shape index (κ1) is 12.5. The molecule has 4 heteroatoms. The van der Waals surface area contributed by atoms with Gasteiger partial charge in [-0.05, 0) is 20.8 Å². The van der Waals surface area contributed by atoms with Gasteiger partial charge in [-0.3, -0.25) is 9.58 Å². The highest BCUT2D eigenvalue weighted by molar-refractivity contribution is 6.18. The first-order chi connectivity index (χ1) is 7.17. The standard InChI is InChI=1S/C11H20ClN3/c1-4-15-9-11(7-13-15)8-14(6-5-12)10(2)3/h7,9-10H,4-6,8H2,1-3H3. The predicted molar refractivity (Wildman–Crippen MR) is 64.2 cm³/mol. The van der Waals surface area contributed by atoms with Crippen LogP contribution in [0, 0.1) is 0 Å². The summed E-state index contributed by atoms with van der Waals surface area (Å²) in [5.74, 6) is 0.681. The average molecular weight is 230 g/mol. The van der Waals surface area contributed by atoms with Gasteiger partial charge in [-0.15, -0.1) is 11.6 Å². The van der Waals surface area contributed by atoms with Crippen molar-refractivity contribution in [2.24, 2.45) is 0 Å². The summed E-state index contributed by atoms with van der Waals surface area (Å²) < 4.78 is 1.95. The molecule has 86 valence electrons. The Balaban J connectivity index is 2.57. The fourth-order valence-corrected chi connectivity index (χ4v) is 1.74. The van der Waals surface area contributed by atoms with Crippen LogP contribution in [0.2, 0.25) is 0 Å². The molecule has 1 heterocycles. The maximum absolute atomic E-state index is 5.78. The summed E-state index contributed by atoms with van der Waals surface area (Å²) in [5, 5.41) is 4.26. The number of alkyl halides is 1. The number of aromatic nitrogens is 2. The molecule has 0 spiro atoms. The van der Waals surface area contributed by atoms with E-state index in [9.17, 15) is 0 Å². The number of rotatable bonds is 6. The van der Waals surface area contributed by atoms with Gasteiger partial charge >= 0.3 is 0 Å². The molecule has 0 unspecified atom stereocenters. The highest BCUT2D eigenvalue weighted by atomic mass is 35.5. The molecule has 1 aromatic heterocycles. The molecule has 0 N–H and O–H groups in total. The van der Waals surface area contributed by atoms with Gasteiger partial charge in [0.25, 0.3) is 0 Å². The second-order valence-corrected chi connectivity index (χ2v) is 4.34. The lowest BCUT2D eigenvalue weighted by atomic mass is 10.2. The topological polar surface area (TPSA) is 21.1 Å². The fraction of sp³-hybridized carbons (Fsp3) is 0.727. The Morgan fingerprint density at radius 1 is 1.53 bits per heavy atom.